The van der Waals surface area contributed by atoms with Crippen LogP contribution in [0.4, 0.5) is 0 Å². The van der Waals surface area contributed by atoms with E-state index in [0.29, 0.717) is 12.1 Å². The third-order valence-corrected chi connectivity index (χ3v) is 4.88. The Morgan fingerprint density at radius 2 is 1.70 bits per heavy atom. The summed E-state index contributed by atoms with van der Waals surface area (Å²) in [4.78, 5) is 27.5. The molecule has 1 aromatic carbocycles. The molecule has 2 rings (SSSR count). The maximum Gasteiger partial charge on any atom is 0.251 e. The molecule has 0 bridgehead atoms. The predicted octanol–water partition coefficient (Wildman–Crippen LogP) is 2.98. The van der Waals surface area contributed by atoms with Crippen molar-refractivity contribution < 1.29 is 9.59 Å². The van der Waals surface area contributed by atoms with Crippen LogP contribution in [0, 0.1) is 5.92 Å². The molecule has 0 aliphatic carbocycles. The third kappa shape index (κ3) is 6.51. The monoisotopic (exact) mass is 395 g/mol. The molecule has 152 valence electrons. The van der Waals surface area contributed by atoms with E-state index < -0.39 is 6.04 Å². The minimum Gasteiger partial charge on any atom is -0.340 e. The summed E-state index contributed by atoms with van der Waals surface area (Å²) in [7, 11) is 0. The number of nitrogens with one attached hydrogen (secondary N) is 2. The second kappa shape index (κ2) is 10.1. The van der Waals surface area contributed by atoms with Crippen LogP contribution in [0.5, 0.6) is 0 Å². The van der Waals surface area contributed by atoms with Crippen molar-refractivity contribution in [2.45, 2.75) is 52.5 Å². The Morgan fingerprint density at radius 3 is 2.26 bits per heavy atom. The molecule has 2 amide bonds. The number of rotatable bonds is 4. The number of carbonyl (C=O) groups is 2. The molecule has 1 heterocycles. The first-order chi connectivity index (χ1) is 12.2. The molecule has 1 aliphatic heterocycles. The van der Waals surface area contributed by atoms with Crippen molar-refractivity contribution in [1.29, 1.82) is 0 Å². The van der Waals surface area contributed by atoms with Gasteiger partial charge in [-0.15, -0.1) is 12.4 Å². The molecule has 1 fully saturated rings. The van der Waals surface area contributed by atoms with Crippen LogP contribution in [-0.2, 0) is 10.2 Å². The van der Waals surface area contributed by atoms with Crippen molar-refractivity contribution >= 4 is 24.2 Å². The quantitative estimate of drug-likeness (QED) is 0.823. The fourth-order valence-corrected chi connectivity index (χ4v) is 3.12. The number of benzene rings is 1. The minimum absolute atomic E-state index is 0. The molecule has 1 saturated heterocycles. The van der Waals surface area contributed by atoms with Crippen molar-refractivity contribution in [1.82, 2.24) is 15.5 Å². The zero-order chi connectivity index (χ0) is 19.3. The lowest BCUT2D eigenvalue weighted by atomic mass is 9.86. The Hall–Kier alpha value is -1.59. The van der Waals surface area contributed by atoms with Gasteiger partial charge in [0.25, 0.3) is 5.91 Å². The Balaban J connectivity index is 0.00000364. The molecule has 0 spiro atoms. The Morgan fingerprint density at radius 1 is 1.07 bits per heavy atom. The van der Waals surface area contributed by atoms with Gasteiger partial charge in [0.05, 0.1) is 0 Å². The van der Waals surface area contributed by atoms with E-state index in [-0.39, 0.29) is 35.6 Å². The molecule has 0 aromatic heterocycles. The normalized spacial score (nSPS) is 16.3. The summed E-state index contributed by atoms with van der Waals surface area (Å²) in [6, 6.07) is 7.16. The molecular weight excluding hydrogens is 362 g/mol. The van der Waals surface area contributed by atoms with E-state index in [1.807, 2.05) is 43.0 Å². The maximum atomic E-state index is 12.9. The van der Waals surface area contributed by atoms with Gasteiger partial charge in [-0.05, 0) is 42.0 Å². The smallest absolute Gasteiger partial charge is 0.251 e. The van der Waals surface area contributed by atoms with Gasteiger partial charge in [0.15, 0.2) is 0 Å². The first kappa shape index (κ1) is 23.4. The van der Waals surface area contributed by atoms with Gasteiger partial charge in [-0.3, -0.25) is 9.59 Å². The zero-order valence-electron chi connectivity index (χ0n) is 17.2. The Bertz CT molecular complexity index is 615. The zero-order valence-corrected chi connectivity index (χ0v) is 18.0. The lowest BCUT2D eigenvalue weighted by Gasteiger charge is -2.29. The summed E-state index contributed by atoms with van der Waals surface area (Å²) in [5.41, 5.74) is 1.82. The number of amides is 2. The molecule has 1 aliphatic rings. The van der Waals surface area contributed by atoms with Gasteiger partial charge in [-0.1, -0.05) is 46.8 Å². The molecule has 0 radical (unpaired) electrons. The topological polar surface area (TPSA) is 61.4 Å². The summed E-state index contributed by atoms with van der Waals surface area (Å²) in [5, 5.41) is 6.26. The van der Waals surface area contributed by atoms with Gasteiger partial charge in [0.1, 0.15) is 6.04 Å². The van der Waals surface area contributed by atoms with E-state index in [9.17, 15) is 9.59 Å². The van der Waals surface area contributed by atoms with Gasteiger partial charge in [0, 0.05) is 25.2 Å². The molecule has 1 atom stereocenters. The lowest BCUT2D eigenvalue weighted by Crippen LogP contribution is -2.52. The largest absolute Gasteiger partial charge is 0.340 e. The van der Waals surface area contributed by atoms with Crippen LogP contribution in [0.2, 0.25) is 0 Å². The van der Waals surface area contributed by atoms with Crippen LogP contribution >= 0.6 is 12.4 Å². The molecule has 27 heavy (non-hydrogen) atoms. The van der Waals surface area contributed by atoms with Crippen molar-refractivity contribution in [3.8, 4) is 0 Å². The molecule has 2 N–H and O–H groups in total. The SMILES string of the molecule is CC(C)C(NC(=O)c1ccc(C(C)(C)C)cc1)C(=O)N1CCCNCC1.Cl. The summed E-state index contributed by atoms with van der Waals surface area (Å²) < 4.78 is 0. The number of carbonyl (C=O) groups excluding carboxylic acids is 2. The summed E-state index contributed by atoms with van der Waals surface area (Å²) in [5.74, 6) is -0.134. The summed E-state index contributed by atoms with van der Waals surface area (Å²) >= 11 is 0. The number of hydrogen-bond acceptors (Lipinski definition) is 3. The first-order valence-electron chi connectivity index (χ1n) is 9.61. The number of nitrogens with zero attached hydrogens (tertiary/aromatic N) is 1. The van der Waals surface area contributed by atoms with Gasteiger partial charge in [0.2, 0.25) is 5.91 Å². The highest BCUT2D eigenvalue weighted by molar-refractivity contribution is 5.97. The van der Waals surface area contributed by atoms with Gasteiger partial charge in [-0.25, -0.2) is 0 Å². The van der Waals surface area contributed by atoms with Crippen LogP contribution in [0.15, 0.2) is 24.3 Å². The Labute approximate surface area is 169 Å². The number of halogens is 1. The van der Waals surface area contributed by atoms with E-state index in [0.717, 1.165) is 26.1 Å². The van der Waals surface area contributed by atoms with Crippen molar-refractivity contribution in [2.24, 2.45) is 5.92 Å². The average molecular weight is 396 g/mol. The predicted molar refractivity (Wildman–Crippen MR) is 113 cm³/mol. The highest BCUT2D eigenvalue weighted by Gasteiger charge is 2.29. The fraction of sp³-hybridized carbons (Fsp3) is 0.619. The lowest BCUT2D eigenvalue weighted by molar-refractivity contribution is -0.134. The van der Waals surface area contributed by atoms with Crippen LogP contribution in [-0.4, -0.2) is 48.9 Å². The van der Waals surface area contributed by atoms with Crippen molar-refractivity contribution in [3.05, 3.63) is 35.4 Å². The van der Waals surface area contributed by atoms with Gasteiger partial charge >= 0.3 is 0 Å². The molecule has 1 unspecified atom stereocenters. The van der Waals surface area contributed by atoms with Crippen molar-refractivity contribution in [2.75, 3.05) is 26.2 Å². The highest BCUT2D eigenvalue weighted by Crippen LogP contribution is 2.22. The second-order valence-electron chi connectivity index (χ2n) is 8.45. The molecular formula is C21H34ClN3O2. The molecule has 5 nitrogen and oxygen atoms in total. The van der Waals surface area contributed by atoms with E-state index in [4.69, 9.17) is 0 Å². The highest BCUT2D eigenvalue weighted by atomic mass is 35.5. The van der Waals surface area contributed by atoms with E-state index in [1.54, 1.807) is 0 Å². The minimum atomic E-state index is -0.497. The standard InChI is InChI=1S/C21H33N3O2.ClH/c1-15(2)18(20(26)24-13-6-11-22-12-14-24)23-19(25)16-7-9-17(10-8-16)21(3,4)5;/h7-10,15,18,22H,6,11-14H2,1-5H3,(H,23,25);1H. The maximum absolute atomic E-state index is 12.9. The molecule has 0 saturated carbocycles. The first-order valence-corrected chi connectivity index (χ1v) is 9.61. The summed E-state index contributed by atoms with van der Waals surface area (Å²) in [6.07, 6.45) is 0.943. The Kier molecular flexibility index (Phi) is 8.76. The van der Waals surface area contributed by atoms with E-state index >= 15 is 0 Å². The summed E-state index contributed by atoms with van der Waals surface area (Å²) in [6.45, 7) is 13.6. The van der Waals surface area contributed by atoms with Gasteiger partial charge in [-0.2, -0.15) is 0 Å². The third-order valence-electron chi connectivity index (χ3n) is 4.88. The van der Waals surface area contributed by atoms with Crippen LogP contribution in [0.25, 0.3) is 0 Å². The average Bonchev–Trinajstić information content (AvgIpc) is 2.87. The van der Waals surface area contributed by atoms with E-state index in [1.165, 1.54) is 5.56 Å². The molecule has 1 aromatic rings. The molecule has 6 heteroatoms. The fourth-order valence-electron chi connectivity index (χ4n) is 3.12. The van der Waals surface area contributed by atoms with Crippen LogP contribution < -0.4 is 10.6 Å². The van der Waals surface area contributed by atoms with Crippen molar-refractivity contribution in [3.63, 3.8) is 0 Å². The van der Waals surface area contributed by atoms with Crippen LogP contribution in [0.1, 0.15) is 57.0 Å². The second-order valence-corrected chi connectivity index (χ2v) is 8.45. The van der Waals surface area contributed by atoms with E-state index in [2.05, 4.69) is 31.4 Å². The van der Waals surface area contributed by atoms with Crippen LogP contribution in [0.3, 0.4) is 0 Å². The number of hydrogen-bond donors (Lipinski definition) is 2. The van der Waals surface area contributed by atoms with Gasteiger partial charge < -0.3 is 15.5 Å².